The molecule has 0 unspecified atom stereocenters. The Bertz CT molecular complexity index is 798. The first-order valence-electron chi connectivity index (χ1n) is 47.2. The van der Waals surface area contributed by atoms with Crippen molar-refractivity contribution >= 4 is 0 Å². The summed E-state index contributed by atoms with van der Waals surface area (Å²) in [6.45, 7) is 76.0. The first-order chi connectivity index (χ1) is 49.0. The van der Waals surface area contributed by atoms with Crippen molar-refractivity contribution in [3.05, 3.63) is 60.8 Å². The molecule has 0 radical (unpaired) electrons. The van der Waals surface area contributed by atoms with Gasteiger partial charge in [0.1, 0.15) is 0 Å². The average Bonchev–Trinajstić information content (AvgIpc) is 4.41. The second-order valence-electron chi connectivity index (χ2n) is 19.4. The van der Waals surface area contributed by atoms with Crippen LogP contribution in [0.1, 0.15) is 584 Å². The lowest BCUT2D eigenvalue weighted by atomic mass is 10.0. The molecular formula is C98H224. The molecule has 0 aromatic rings. The molecule has 0 aromatic carbocycles. The molecule has 0 bridgehead atoms. The van der Waals surface area contributed by atoms with Gasteiger partial charge in [0.25, 0.3) is 0 Å². The minimum atomic E-state index is 1.32. The van der Waals surface area contributed by atoms with E-state index in [0.717, 1.165) is 0 Å². The van der Waals surface area contributed by atoms with Crippen LogP contribution in [0.25, 0.3) is 0 Å². The van der Waals surface area contributed by atoms with E-state index in [4.69, 9.17) is 0 Å². The standard InChI is InChI=1S/C8H16.C8H14.C7H14.C7H12.C6H12.C6H10.C5H10.C5H8.C4H8.C4H6.19C2H6/c2*1-2-4-6-8-7-5-3-1;2*1-2-4-6-7-5-3-1;2*1-2-4-6-5-3-1;2*1-2-4-5-3-1;2*1-2-4-3-1;19*1-2/h1-8H2;1-2H,3-8H2;1-7H2;1-2H,3-7H2;1-6H2;1-2H,3-6H2;1-5H2;1-2H,3-5H2;1-4H2;1-2H,3-4H2;19*1-2H3. The van der Waals surface area contributed by atoms with Gasteiger partial charge >= 0.3 is 0 Å². The molecular weight excluding hydrogens is 1180 g/mol. The van der Waals surface area contributed by atoms with Crippen LogP contribution in [0.15, 0.2) is 60.8 Å². The topological polar surface area (TPSA) is 0 Å². The second-order valence-corrected chi connectivity index (χ2v) is 19.4. The zero-order valence-corrected chi connectivity index (χ0v) is 79.1. The number of rotatable bonds is 0. The molecule has 0 heteroatoms. The van der Waals surface area contributed by atoms with Gasteiger partial charge in [0.15, 0.2) is 0 Å². The monoisotopic (exact) mass is 1400 g/mol. The molecule has 0 heterocycles. The van der Waals surface area contributed by atoms with Crippen molar-refractivity contribution in [2.24, 2.45) is 0 Å². The van der Waals surface area contributed by atoms with Crippen LogP contribution in [-0.2, 0) is 0 Å². The molecule has 0 aromatic heterocycles. The fraction of sp³-hybridized carbons (Fsp3) is 0.898. The normalized spacial score (nSPS) is 15.0. The molecule has 10 rings (SSSR count). The maximum atomic E-state index is 2.32. The lowest BCUT2D eigenvalue weighted by Crippen LogP contribution is -1.85. The Kier molecular flexibility index (Phi) is 373. The predicted octanol–water partition coefficient (Wildman–Crippen LogP) is 41.8. The zero-order chi connectivity index (χ0) is 80.4. The third-order valence-corrected chi connectivity index (χ3v) is 13.3. The van der Waals surface area contributed by atoms with Crippen LogP contribution in [-0.4, -0.2) is 0 Å². The van der Waals surface area contributed by atoms with E-state index in [2.05, 4.69) is 60.8 Å². The largest absolute Gasteiger partial charge is 0.0885 e. The highest BCUT2D eigenvalue weighted by atomic mass is 14.0. The Morgan fingerprint density at radius 3 is 0.194 bits per heavy atom. The lowest BCUT2D eigenvalue weighted by Gasteiger charge is -2.05. The summed E-state index contributed by atoms with van der Waals surface area (Å²) in [5.41, 5.74) is 0. The van der Waals surface area contributed by atoms with E-state index in [0.29, 0.717) is 0 Å². The van der Waals surface area contributed by atoms with Crippen molar-refractivity contribution < 1.29 is 0 Å². The maximum absolute atomic E-state index is 2.32. The van der Waals surface area contributed by atoms with Gasteiger partial charge in [-0.15, -0.1) is 0 Å². The zero-order valence-electron chi connectivity index (χ0n) is 79.1. The van der Waals surface area contributed by atoms with Gasteiger partial charge in [0, 0.05) is 0 Å². The minimum absolute atomic E-state index is 1.32. The van der Waals surface area contributed by atoms with Crippen molar-refractivity contribution in [3.8, 4) is 0 Å². The Morgan fingerprint density at radius 1 is 0.0714 bits per heavy atom. The lowest BCUT2D eigenvalue weighted by molar-refractivity contribution is 0.504. The van der Waals surface area contributed by atoms with Gasteiger partial charge in [-0.1, -0.05) is 536 Å². The molecule has 0 N–H and O–H groups in total. The molecule has 0 spiro atoms. The summed E-state index contributed by atoms with van der Waals surface area (Å²) in [6.07, 6.45) is 95.0. The van der Waals surface area contributed by atoms with Crippen LogP contribution >= 0.6 is 0 Å². The fourth-order valence-electron chi connectivity index (χ4n) is 8.41. The number of hydrogen-bond donors (Lipinski definition) is 0. The molecule has 0 nitrogen and oxygen atoms in total. The van der Waals surface area contributed by atoms with Crippen molar-refractivity contribution in [3.63, 3.8) is 0 Å². The smallest absolute Gasteiger partial charge is 0.0316 e. The summed E-state index contributed by atoms with van der Waals surface area (Å²) >= 11 is 0. The van der Waals surface area contributed by atoms with Gasteiger partial charge in [-0.2, -0.15) is 0 Å². The second kappa shape index (κ2) is 249. The van der Waals surface area contributed by atoms with E-state index in [1.165, 1.54) is 321 Å². The van der Waals surface area contributed by atoms with Gasteiger partial charge in [0.2, 0.25) is 0 Å². The summed E-state index contributed by atoms with van der Waals surface area (Å²) in [4.78, 5) is 0. The van der Waals surface area contributed by atoms with E-state index >= 15 is 0 Å². The first-order valence-corrected chi connectivity index (χ1v) is 47.2. The third kappa shape index (κ3) is 241. The Morgan fingerprint density at radius 2 is 0.122 bits per heavy atom. The van der Waals surface area contributed by atoms with Crippen molar-refractivity contribution in [2.75, 3.05) is 0 Å². The van der Waals surface area contributed by atoms with Gasteiger partial charge in [0.05, 0.1) is 0 Å². The van der Waals surface area contributed by atoms with Crippen molar-refractivity contribution in [2.45, 2.75) is 584 Å². The minimum Gasteiger partial charge on any atom is -0.0885 e. The van der Waals surface area contributed by atoms with Gasteiger partial charge in [-0.05, 0) is 109 Å². The van der Waals surface area contributed by atoms with Crippen molar-refractivity contribution in [1.82, 2.24) is 0 Å². The van der Waals surface area contributed by atoms with Crippen LogP contribution in [0.5, 0.6) is 0 Å². The molecule has 0 amide bonds. The van der Waals surface area contributed by atoms with E-state index in [9.17, 15) is 0 Å². The fourth-order valence-corrected chi connectivity index (χ4v) is 8.41. The Labute approximate surface area is 641 Å². The van der Waals surface area contributed by atoms with Crippen molar-refractivity contribution in [1.29, 1.82) is 0 Å². The molecule has 616 valence electrons. The molecule has 0 saturated heterocycles. The highest BCUT2D eigenvalue weighted by Gasteiger charge is 1.99. The van der Waals surface area contributed by atoms with Crippen LogP contribution in [0.3, 0.4) is 0 Å². The Hall–Kier alpha value is -1.30. The van der Waals surface area contributed by atoms with Crippen LogP contribution in [0.2, 0.25) is 0 Å². The number of hydrogen-bond acceptors (Lipinski definition) is 0. The molecule has 5 saturated carbocycles. The van der Waals surface area contributed by atoms with E-state index in [1.54, 1.807) is 0 Å². The Balaban J connectivity index is -0.0000000396. The van der Waals surface area contributed by atoms with Gasteiger partial charge in [-0.25, -0.2) is 0 Å². The van der Waals surface area contributed by atoms with E-state index in [1.807, 2.05) is 263 Å². The predicted molar refractivity (Wildman–Crippen MR) is 492 cm³/mol. The maximum Gasteiger partial charge on any atom is -0.0316 e. The van der Waals surface area contributed by atoms with E-state index < -0.39 is 0 Å². The summed E-state index contributed by atoms with van der Waals surface area (Å²) in [5, 5.41) is 0. The van der Waals surface area contributed by atoms with Crippen LogP contribution in [0.4, 0.5) is 0 Å². The summed E-state index contributed by atoms with van der Waals surface area (Å²) < 4.78 is 0. The molecule has 0 atom stereocenters. The highest BCUT2D eigenvalue weighted by Crippen LogP contribution is 2.18. The average molecular weight is 1400 g/mol. The first kappa shape index (κ1) is 147. The SMILES string of the molecule is C1=CCC1.C1=CCCC1.C1=CCCCC1.C1=CCCCCC1.C1=CCCCCCC1.C1CCC1.C1CCCC1.C1CCCCC1.C1CCCCCC1.C1CCCCCCC1.CC.CC.CC.CC.CC.CC.CC.CC.CC.CC.CC.CC.CC.CC.CC.CC.CC.CC.CC. The van der Waals surface area contributed by atoms with E-state index in [-0.39, 0.29) is 0 Å². The molecule has 0 aliphatic heterocycles. The summed E-state index contributed by atoms with van der Waals surface area (Å²) in [7, 11) is 0. The molecule has 10 aliphatic rings. The van der Waals surface area contributed by atoms with Gasteiger partial charge < -0.3 is 0 Å². The quantitative estimate of drug-likeness (QED) is 0.168. The summed E-state index contributed by atoms with van der Waals surface area (Å²) in [6, 6.07) is 0. The van der Waals surface area contributed by atoms with Crippen LogP contribution < -0.4 is 0 Å². The molecule has 10 aliphatic carbocycles. The molecule has 98 heavy (non-hydrogen) atoms. The number of allylic oxidation sites excluding steroid dienone is 10. The molecule has 5 fully saturated rings. The third-order valence-electron chi connectivity index (χ3n) is 13.3. The van der Waals surface area contributed by atoms with Gasteiger partial charge in [-0.3, -0.25) is 0 Å². The highest BCUT2D eigenvalue weighted by molar-refractivity contribution is 4.93. The van der Waals surface area contributed by atoms with Crippen LogP contribution in [0, 0.1) is 0 Å². The summed E-state index contributed by atoms with van der Waals surface area (Å²) in [5.74, 6) is 0.